The van der Waals surface area contributed by atoms with Gasteiger partial charge in [-0.05, 0) is 35.9 Å². The number of urea groups is 1. The van der Waals surface area contributed by atoms with E-state index >= 15 is 0 Å². The van der Waals surface area contributed by atoms with Crippen LogP contribution in [0.3, 0.4) is 0 Å². The number of hydrogen-bond acceptors (Lipinski definition) is 5. The van der Waals surface area contributed by atoms with Gasteiger partial charge in [0.15, 0.2) is 12.0 Å². The van der Waals surface area contributed by atoms with E-state index in [9.17, 15) is 18.8 Å². The molecular weight excluding hydrogens is 381 g/mol. The van der Waals surface area contributed by atoms with Gasteiger partial charge in [0.25, 0.3) is 5.91 Å². The lowest BCUT2D eigenvalue weighted by Gasteiger charge is -2.11. The number of primary amides is 2. The van der Waals surface area contributed by atoms with E-state index in [2.05, 4.69) is 10.4 Å². The van der Waals surface area contributed by atoms with Crippen LogP contribution < -0.4 is 21.5 Å². The minimum Gasteiger partial charge on any atom is -0.485 e. The van der Waals surface area contributed by atoms with Gasteiger partial charge in [0.05, 0.1) is 17.6 Å². The van der Waals surface area contributed by atoms with Gasteiger partial charge in [-0.15, -0.1) is 0 Å². The first-order valence-corrected chi connectivity index (χ1v) is 8.31. The van der Waals surface area contributed by atoms with Gasteiger partial charge >= 0.3 is 6.03 Å². The number of ether oxygens (including phenoxy) is 1. The summed E-state index contributed by atoms with van der Waals surface area (Å²) in [5, 5.41) is 6.34. The summed E-state index contributed by atoms with van der Waals surface area (Å²) < 4.78 is 20.4. The van der Waals surface area contributed by atoms with Crippen molar-refractivity contribution >= 4 is 23.9 Å². The van der Waals surface area contributed by atoms with E-state index in [-0.39, 0.29) is 18.0 Å². The van der Waals surface area contributed by atoms with Crippen LogP contribution in [0.4, 0.5) is 14.9 Å². The van der Waals surface area contributed by atoms with Crippen LogP contribution in [0, 0.1) is 5.82 Å². The van der Waals surface area contributed by atoms with Crippen molar-refractivity contribution in [2.75, 3.05) is 11.9 Å². The first-order chi connectivity index (χ1) is 13.9. The van der Waals surface area contributed by atoms with E-state index in [1.807, 2.05) is 0 Å². The fourth-order valence-corrected chi connectivity index (χ4v) is 2.68. The van der Waals surface area contributed by atoms with Crippen LogP contribution in [-0.2, 0) is 4.79 Å². The molecule has 0 saturated carbocycles. The van der Waals surface area contributed by atoms with Crippen molar-refractivity contribution in [3.05, 3.63) is 60.2 Å². The molecule has 1 heterocycles. The molecule has 0 aliphatic heterocycles. The average molecular weight is 397 g/mol. The fourth-order valence-electron chi connectivity index (χ4n) is 2.68. The highest BCUT2D eigenvalue weighted by molar-refractivity contribution is 6.00. The maximum atomic E-state index is 13.7. The van der Waals surface area contributed by atoms with E-state index in [1.165, 1.54) is 29.1 Å². The Morgan fingerprint density at radius 2 is 1.90 bits per heavy atom. The first kappa shape index (κ1) is 19.5. The average Bonchev–Trinajstić information content (AvgIpc) is 3.10. The van der Waals surface area contributed by atoms with E-state index in [4.69, 9.17) is 16.2 Å². The van der Waals surface area contributed by atoms with Crippen LogP contribution >= 0.6 is 0 Å². The summed E-state index contributed by atoms with van der Waals surface area (Å²) >= 11 is 0. The van der Waals surface area contributed by atoms with E-state index in [1.54, 1.807) is 24.3 Å². The van der Waals surface area contributed by atoms with E-state index in [0.717, 1.165) is 0 Å². The molecular formula is C19H16FN5O4. The molecule has 3 aromatic rings. The number of nitrogens with two attached hydrogens (primary N) is 2. The summed E-state index contributed by atoms with van der Waals surface area (Å²) in [5.41, 5.74) is 11.9. The minimum absolute atomic E-state index is 0.0729. The lowest BCUT2D eigenvalue weighted by atomic mass is 10.0. The smallest absolute Gasteiger partial charge is 0.316 e. The van der Waals surface area contributed by atoms with Gasteiger partial charge in [0.1, 0.15) is 18.2 Å². The standard InChI is InChI=1S/C19H16FN5O4/c20-12-3-6-16(29-8-7-26)14(9-12)11-1-4-13(5-2-11)25-10-15(23-19(22)28)17(24-25)18(21)27/h1-7,9-10H,8H2,(H2,21,27)(H3,22,23,28). The Hall–Kier alpha value is -4.21. The number of anilines is 1. The number of rotatable bonds is 7. The molecule has 0 radical (unpaired) electrons. The molecule has 3 amide bonds. The minimum atomic E-state index is -0.864. The molecule has 0 saturated heterocycles. The van der Waals surface area contributed by atoms with Crippen molar-refractivity contribution in [3.8, 4) is 22.6 Å². The van der Waals surface area contributed by atoms with Gasteiger partial charge in [-0.25, -0.2) is 13.9 Å². The van der Waals surface area contributed by atoms with Crippen LogP contribution in [0.25, 0.3) is 16.8 Å². The number of hydrogen-bond donors (Lipinski definition) is 3. The van der Waals surface area contributed by atoms with Gasteiger partial charge < -0.3 is 21.5 Å². The molecule has 0 aliphatic carbocycles. The van der Waals surface area contributed by atoms with Crippen molar-refractivity contribution in [3.63, 3.8) is 0 Å². The third kappa shape index (κ3) is 4.38. The number of amides is 3. The number of halogens is 1. The molecule has 3 rings (SSSR count). The van der Waals surface area contributed by atoms with Crippen molar-refractivity contribution in [2.45, 2.75) is 0 Å². The summed E-state index contributed by atoms with van der Waals surface area (Å²) in [4.78, 5) is 33.2. The number of carbonyl (C=O) groups excluding carboxylic acids is 3. The van der Waals surface area contributed by atoms with Crippen molar-refractivity contribution in [1.29, 1.82) is 0 Å². The first-order valence-electron chi connectivity index (χ1n) is 8.31. The number of aldehydes is 1. The third-order valence-electron chi connectivity index (χ3n) is 3.90. The van der Waals surface area contributed by atoms with Crippen LogP contribution in [0.2, 0.25) is 0 Å². The Labute approximate surface area is 164 Å². The molecule has 2 aromatic carbocycles. The fraction of sp³-hybridized carbons (Fsp3) is 0.0526. The van der Waals surface area contributed by atoms with Gasteiger partial charge in [-0.2, -0.15) is 5.10 Å². The highest BCUT2D eigenvalue weighted by Gasteiger charge is 2.16. The highest BCUT2D eigenvalue weighted by atomic mass is 19.1. The maximum absolute atomic E-state index is 13.7. The molecule has 1 aromatic heterocycles. The molecule has 0 unspecified atom stereocenters. The monoisotopic (exact) mass is 397 g/mol. The number of aromatic nitrogens is 2. The summed E-state index contributed by atoms with van der Waals surface area (Å²) in [6, 6.07) is 9.80. The molecule has 9 nitrogen and oxygen atoms in total. The second-order valence-corrected chi connectivity index (χ2v) is 5.85. The second-order valence-electron chi connectivity index (χ2n) is 5.85. The Morgan fingerprint density at radius 1 is 1.17 bits per heavy atom. The molecule has 0 aliphatic rings. The van der Waals surface area contributed by atoms with Crippen molar-refractivity contribution < 1.29 is 23.5 Å². The molecule has 0 atom stereocenters. The highest BCUT2D eigenvalue weighted by Crippen LogP contribution is 2.31. The maximum Gasteiger partial charge on any atom is 0.316 e. The number of benzene rings is 2. The quantitative estimate of drug-likeness (QED) is 0.522. The third-order valence-corrected chi connectivity index (χ3v) is 3.90. The normalized spacial score (nSPS) is 10.4. The summed E-state index contributed by atoms with van der Waals surface area (Å²) in [7, 11) is 0. The molecule has 148 valence electrons. The van der Waals surface area contributed by atoms with Crippen molar-refractivity contribution in [1.82, 2.24) is 9.78 Å². The Morgan fingerprint density at radius 3 is 2.52 bits per heavy atom. The molecule has 0 spiro atoms. The second kappa shape index (κ2) is 8.21. The lowest BCUT2D eigenvalue weighted by molar-refractivity contribution is -0.109. The Bertz CT molecular complexity index is 1080. The van der Waals surface area contributed by atoms with E-state index in [0.29, 0.717) is 28.8 Å². The zero-order valence-corrected chi connectivity index (χ0v) is 15.0. The van der Waals surface area contributed by atoms with Gasteiger partial charge in [-0.1, -0.05) is 12.1 Å². The zero-order valence-electron chi connectivity index (χ0n) is 15.0. The summed E-state index contributed by atoms with van der Waals surface area (Å²) in [5.74, 6) is -0.932. The molecule has 5 N–H and O–H groups in total. The van der Waals surface area contributed by atoms with Crippen molar-refractivity contribution in [2.24, 2.45) is 11.5 Å². The van der Waals surface area contributed by atoms with E-state index < -0.39 is 17.8 Å². The summed E-state index contributed by atoms with van der Waals surface area (Å²) in [6.45, 7) is -0.157. The van der Waals surface area contributed by atoms with Gasteiger partial charge in [0, 0.05) is 5.56 Å². The number of carbonyl (C=O) groups is 3. The topological polar surface area (TPSA) is 142 Å². The predicted octanol–water partition coefficient (Wildman–Crippen LogP) is 1.85. The van der Waals surface area contributed by atoms with Gasteiger partial charge in [-0.3, -0.25) is 9.59 Å². The lowest BCUT2D eigenvalue weighted by Crippen LogP contribution is -2.22. The predicted molar refractivity (Wildman–Crippen MR) is 102 cm³/mol. The van der Waals surface area contributed by atoms with Crippen LogP contribution in [0.15, 0.2) is 48.7 Å². The molecule has 29 heavy (non-hydrogen) atoms. The van der Waals surface area contributed by atoms with Crippen LogP contribution in [0.5, 0.6) is 5.75 Å². The van der Waals surface area contributed by atoms with Crippen LogP contribution in [-0.4, -0.2) is 34.6 Å². The van der Waals surface area contributed by atoms with Gasteiger partial charge in [0.2, 0.25) is 0 Å². The number of nitrogens with zero attached hydrogens (tertiary/aromatic N) is 2. The summed E-state index contributed by atoms with van der Waals surface area (Å²) in [6.07, 6.45) is 1.99. The molecule has 0 fully saturated rings. The molecule has 0 bridgehead atoms. The largest absolute Gasteiger partial charge is 0.485 e. The zero-order chi connectivity index (χ0) is 21.0. The SMILES string of the molecule is NC(=O)Nc1cn(-c2ccc(-c3cc(F)ccc3OCC=O)cc2)nc1C(N)=O. The number of nitrogens with one attached hydrogen (secondary N) is 1. The molecule has 10 heteroatoms. The van der Waals surface area contributed by atoms with Crippen LogP contribution in [0.1, 0.15) is 10.5 Å². The Balaban J connectivity index is 1.96. The Kier molecular flexibility index (Phi) is 5.54.